The summed E-state index contributed by atoms with van der Waals surface area (Å²) in [5.74, 6) is 0.0999. The second kappa shape index (κ2) is 5.41. The van der Waals surface area contributed by atoms with E-state index < -0.39 is 0 Å². The molecule has 4 heteroatoms. The van der Waals surface area contributed by atoms with Crippen LogP contribution in [0, 0.1) is 6.92 Å². The maximum absolute atomic E-state index is 11.9. The zero-order valence-corrected chi connectivity index (χ0v) is 12.3. The Morgan fingerprint density at radius 1 is 1.20 bits per heavy atom. The summed E-state index contributed by atoms with van der Waals surface area (Å²) in [6.07, 6.45) is 0.661. The van der Waals surface area contributed by atoms with E-state index >= 15 is 0 Å². The molecule has 4 nitrogen and oxygen atoms in total. The molecule has 2 aromatic rings. The fourth-order valence-electron chi connectivity index (χ4n) is 2.25. The number of H-pyrrole nitrogens is 1. The molecule has 2 rings (SSSR count). The molecule has 0 saturated carbocycles. The molecule has 1 heterocycles. The van der Waals surface area contributed by atoms with E-state index in [1.54, 1.807) is 6.92 Å². The van der Waals surface area contributed by atoms with Gasteiger partial charge in [0.15, 0.2) is 0 Å². The van der Waals surface area contributed by atoms with Crippen LogP contribution in [0.3, 0.4) is 0 Å². The second-order valence-corrected chi connectivity index (χ2v) is 5.08. The van der Waals surface area contributed by atoms with Crippen LogP contribution >= 0.6 is 0 Å². The summed E-state index contributed by atoms with van der Waals surface area (Å²) in [7, 11) is 3.96. The van der Waals surface area contributed by atoms with Crippen LogP contribution in [0.1, 0.15) is 18.1 Å². The van der Waals surface area contributed by atoms with Gasteiger partial charge in [-0.1, -0.05) is 19.1 Å². The van der Waals surface area contributed by atoms with E-state index in [9.17, 15) is 9.90 Å². The number of nitrogens with one attached hydrogen (secondary N) is 1. The number of hydrogen-bond acceptors (Lipinski definition) is 3. The number of aromatic nitrogens is 1. The number of anilines is 1. The summed E-state index contributed by atoms with van der Waals surface area (Å²) in [6.45, 7) is 3.59. The fraction of sp³-hybridized carbons (Fsp3) is 0.312. The molecule has 0 radical (unpaired) electrons. The van der Waals surface area contributed by atoms with Gasteiger partial charge in [0.25, 0.3) is 5.56 Å². The average Bonchev–Trinajstić information content (AvgIpc) is 2.44. The highest BCUT2D eigenvalue weighted by molar-refractivity contribution is 5.68. The normalized spacial score (nSPS) is 10.6. The van der Waals surface area contributed by atoms with E-state index in [2.05, 4.69) is 4.98 Å². The highest BCUT2D eigenvalue weighted by Gasteiger charge is 2.14. The summed E-state index contributed by atoms with van der Waals surface area (Å²) >= 11 is 0. The van der Waals surface area contributed by atoms with Crippen LogP contribution in [0.25, 0.3) is 11.3 Å². The Hall–Kier alpha value is -2.23. The summed E-state index contributed by atoms with van der Waals surface area (Å²) in [5, 5.41) is 10.1. The summed E-state index contributed by atoms with van der Waals surface area (Å²) in [4.78, 5) is 16.7. The molecule has 1 aromatic heterocycles. The lowest BCUT2D eigenvalue weighted by atomic mass is 10.0. The molecule has 0 bridgehead atoms. The molecule has 0 aliphatic heterocycles. The predicted molar refractivity (Wildman–Crippen MR) is 82.6 cm³/mol. The lowest BCUT2D eigenvalue weighted by Crippen LogP contribution is -2.13. The van der Waals surface area contributed by atoms with E-state index in [1.807, 2.05) is 50.2 Å². The van der Waals surface area contributed by atoms with Crippen molar-refractivity contribution in [1.29, 1.82) is 0 Å². The van der Waals surface area contributed by atoms with E-state index in [-0.39, 0.29) is 11.3 Å². The lowest BCUT2D eigenvalue weighted by molar-refractivity contribution is 0.463. The molecule has 1 aromatic carbocycles. The van der Waals surface area contributed by atoms with Crippen molar-refractivity contribution >= 4 is 5.69 Å². The van der Waals surface area contributed by atoms with Crippen LogP contribution < -0.4 is 10.5 Å². The standard InChI is InChI=1S/C16H20N2O2/c1-5-13-14(17-16(20)10(2)15(13)19)11-6-8-12(9-7-11)18(3)4/h6-9H,5H2,1-4H3,(H2,17,19,20). The Labute approximate surface area is 118 Å². The first-order valence-electron chi connectivity index (χ1n) is 6.68. The van der Waals surface area contributed by atoms with Gasteiger partial charge in [0, 0.05) is 25.3 Å². The predicted octanol–water partition coefficient (Wildman–Crippen LogP) is 2.68. The van der Waals surface area contributed by atoms with Crippen molar-refractivity contribution in [2.45, 2.75) is 20.3 Å². The van der Waals surface area contributed by atoms with Crippen molar-refractivity contribution in [1.82, 2.24) is 4.98 Å². The van der Waals surface area contributed by atoms with E-state index in [0.29, 0.717) is 17.7 Å². The minimum Gasteiger partial charge on any atom is -0.507 e. The van der Waals surface area contributed by atoms with Gasteiger partial charge in [-0.2, -0.15) is 0 Å². The molecule has 0 aliphatic rings. The van der Waals surface area contributed by atoms with Gasteiger partial charge < -0.3 is 15.0 Å². The van der Waals surface area contributed by atoms with Gasteiger partial charge in [-0.3, -0.25) is 4.79 Å². The first kappa shape index (κ1) is 14.2. The monoisotopic (exact) mass is 272 g/mol. The highest BCUT2D eigenvalue weighted by Crippen LogP contribution is 2.30. The number of hydrogen-bond donors (Lipinski definition) is 2. The second-order valence-electron chi connectivity index (χ2n) is 5.08. The first-order chi connectivity index (χ1) is 9.45. The minimum atomic E-state index is -0.244. The van der Waals surface area contributed by atoms with Gasteiger partial charge in [0.1, 0.15) is 5.75 Å². The number of pyridine rings is 1. The third kappa shape index (κ3) is 2.41. The zero-order chi connectivity index (χ0) is 14.9. The molecule has 0 spiro atoms. The molecule has 0 atom stereocenters. The van der Waals surface area contributed by atoms with Crippen LogP contribution in [0.4, 0.5) is 5.69 Å². The molecule has 0 amide bonds. The molecule has 20 heavy (non-hydrogen) atoms. The van der Waals surface area contributed by atoms with Crippen molar-refractivity contribution in [3.8, 4) is 17.0 Å². The summed E-state index contributed by atoms with van der Waals surface area (Å²) < 4.78 is 0. The van der Waals surface area contributed by atoms with Crippen molar-refractivity contribution in [2.75, 3.05) is 19.0 Å². The Morgan fingerprint density at radius 3 is 2.30 bits per heavy atom. The smallest absolute Gasteiger partial charge is 0.255 e. The summed E-state index contributed by atoms with van der Waals surface area (Å²) in [6, 6.07) is 7.89. The molecule has 0 unspecified atom stereocenters. The largest absolute Gasteiger partial charge is 0.507 e. The molecule has 0 saturated heterocycles. The Kier molecular flexibility index (Phi) is 3.84. The van der Waals surface area contributed by atoms with E-state index in [1.165, 1.54) is 0 Å². The van der Waals surface area contributed by atoms with Crippen molar-refractivity contribution < 1.29 is 5.11 Å². The molecule has 106 valence electrons. The van der Waals surface area contributed by atoms with Crippen LogP contribution in [0.15, 0.2) is 29.1 Å². The maximum atomic E-state index is 11.9. The van der Waals surface area contributed by atoms with Gasteiger partial charge in [-0.15, -0.1) is 0 Å². The molecule has 0 aliphatic carbocycles. The number of nitrogens with zero attached hydrogens (tertiary/aromatic N) is 1. The van der Waals surface area contributed by atoms with E-state index in [0.717, 1.165) is 16.8 Å². The van der Waals surface area contributed by atoms with Crippen LogP contribution in [0.5, 0.6) is 5.75 Å². The van der Waals surface area contributed by atoms with Gasteiger partial charge in [-0.05, 0) is 31.0 Å². The van der Waals surface area contributed by atoms with Gasteiger partial charge >= 0.3 is 0 Å². The zero-order valence-electron chi connectivity index (χ0n) is 12.3. The Balaban J connectivity index is 2.60. The first-order valence-corrected chi connectivity index (χ1v) is 6.68. The van der Waals surface area contributed by atoms with Crippen LogP contribution in [-0.4, -0.2) is 24.2 Å². The summed E-state index contributed by atoms with van der Waals surface area (Å²) in [5.41, 5.74) is 3.60. The molecular formula is C16H20N2O2. The van der Waals surface area contributed by atoms with Crippen molar-refractivity contribution in [3.05, 3.63) is 45.7 Å². The van der Waals surface area contributed by atoms with Crippen molar-refractivity contribution in [2.24, 2.45) is 0 Å². The highest BCUT2D eigenvalue weighted by atomic mass is 16.3. The van der Waals surface area contributed by atoms with Crippen LogP contribution in [-0.2, 0) is 6.42 Å². The molecule has 0 fully saturated rings. The fourth-order valence-corrected chi connectivity index (χ4v) is 2.25. The van der Waals surface area contributed by atoms with E-state index in [4.69, 9.17) is 0 Å². The topological polar surface area (TPSA) is 56.3 Å². The van der Waals surface area contributed by atoms with Crippen LogP contribution in [0.2, 0.25) is 0 Å². The van der Waals surface area contributed by atoms with Gasteiger partial charge in [-0.25, -0.2) is 0 Å². The third-order valence-electron chi connectivity index (χ3n) is 3.55. The number of aromatic hydroxyl groups is 1. The van der Waals surface area contributed by atoms with Gasteiger partial charge in [0.05, 0.1) is 11.3 Å². The third-order valence-corrected chi connectivity index (χ3v) is 3.55. The lowest BCUT2D eigenvalue weighted by Gasteiger charge is -2.15. The Morgan fingerprint density at radius 2 is 1.80 bits per heavy atom. The average molecular weight is 272 g/mol. The van der Waals surface area contributed by atoms with Crippen molar-refractivity contribution in [3.63, 3.8) is 0 Å². The Bertz CT molecular complexity index is 670. The maximum Gasteiger partial charge on any atom is 0.255 e. The molecule has 2 N–H and O–H groups in total. The SMILES string of the molecule is CCc1c(-c2ccc(N(C)C)cc2)[nH]c(=O)c(C)c1O. The molecular weight excluding hydrogens is 252 g/mol. The number of aromatic amines is 1. The number of benzene rings is 1. The number of rotatable bonds is 3. The quantitative estimate of drug-likeness (QED) is 0.903. The van der Waals surface area contributed by atoms with Gasteiger partial charge in [0.2, 0.25) is 0 Å². The minimum absolute atomic E-state index is 0.0999.